The second-order valence-corrected chi connectivity index (χ2v) is 3.54. The summed E-state index contributed by atoms with van der Waals surface area (Å²) in [4.78, 5) is 1.73. The second-order valence-electron chi connectivity index (χ2n) is 3.54. The molecule has 0 aliphatic rings. The lowest BCUT2D eigenvalue weighted by Gasteiger charge is -1.95. The molecule has 15 heavy (non-hydrogen) atoms. The smallest absolute Gasteiger partial charge is 0.121 e. The van der Waals surface area contributed by atoms with Crippen molar-refractivity contribution in [2.24, 2.45) is 0 Å². The van der Waals surface area contributed by atoms with Crippen LogP contribution in [0.25, 0.3) is 21.8 Å². The van der Waals surface area contributed by atoms with Crippen LogP contribution in [0.1, 0.15) is 6.92 Å². The van der Waals surface area contributed by atoms with Crippen molar-refractivity contribution in [1.82, 2.24) is 15.0 Å². The Balaban J connectivity index is 2.47. The summed E-state index contributed by atoms with van der Waals surface area (Å²) in [5.74, 6) is 0. The molecule has 0 aliphatic carbocycles. The number of benzene rings is 2. The van der Waals surface area contributed by atoms with Gasteiger partial charge in [-0.2, -0.15) is 15.0 Å². The highest BCUT2D eigenvalue weighted by atomic mass is 15.5. The van der Waals surface area contributed by atoms with Crippen molar-refractivity contribution in [2.45, 2.75) is 13.5 Å². The van der Waals surface area contributed by atoms with E-state index in [1.54, 1.807) is 4.80 Å². The molecule has 0 unspecified atom stereocenters. The lowest BCUT2D eigenvalue weighted by atomic mass is 10.1. The summed E-state index contributed by atoms with van der Waals surface area (Å²) in [5, 5.41) is 11.2. The maximum atomic E-state index is 4.46. The molecule has 0 atom stereocenters. The number of rotatable bonds is 1. The Morgan fingerprint density at radius 3 is 2.80 bits per heavy atom. The average molecular weight is 197 g/mol. The first-order chi connectivity index (χ1) is 7.38. The van der Waals surface area contributed by atoms with Crippen molar-refractivity contribution < 1.29 is 0 Å². The zero-order valence-electron chi connectivity index (χ0n) is 8.51. The molecule has 0 fully saturated rings. The van der Waals surface area contributed by atoms with Gasteiger partial charge >= 0.3 is 0 Å². The zero-order chi connectivity index (χ0) is 10.3. The van der Waals surface area contributed by atoms with Gasteiger partial charge in [-0.1, -0.05) is 30.3 Å². The van der Waals surface area contributed by atoms with Gasteiger partial charge in [0.05, 0.1) is 6.54 Å². The third-order valence-electron chi connectivity index (χ3n) is 2.60. The van der Waals surface area contributed by atoms with E-state index in [-0.39, 0.29) is 0 Å². The minimum absolute atomic E-state index is 0.809. The van der Waals surface area contributed by atoms with Crippen molar-refractivity contribution in [3.8, 4) is 0 Å². The summed E-state index contributed by atoms with van der Waals surface area (Å²) in [6.07, 6.45) is 0. The molecule has 0 bridgehead atoms. The fraction of sp³-hybridized carbons (Fsp3) is 0.167. The van der Waals surface area contributed by atoms with Crippen LogP contribution >= 0.6 is 0 Å². The van der Waals surface area contributed by atoms with Gasteiger partial charge in [0.25, 0.3) is 0 Å². The number of aromatic nitrogens is 3. The highest BCUT2D eigenvalue weighted by Gasteiger charge is 2.04. The highest BCUT2D eigenvalue weighted by Crippen LogP contribution is 2.21. The molecule has 74 valence electrons. The molecule has 3 rings (SSSR count). The molecule has 0 saturated heterocycles. The fourth-order valence-electron chi connectivity index (χ4n) is 1.83. The summed E-state index contributed by atoms with van der Waals surface area (Å²) >= 11 is 0. The Kier molecular flexibility index (Phi) is 1.71. The van der Waals surface area contributed by atoms with E-state index < -0.39 is 0 Å². The van der Waals surface area contributed by atoms with Crippen molar-refractivity contribution in [3.63, 3.8) is 0 Å². The Hall–Kier alpha value is -1.90. The molecule has 1 aromatic heterocycles. The average Bonchev–Trinajstić information content (AvgIpc) is 2.72. The molecule has 0 amide bonds. The van der Waals surface area contributed by atoms with E-state index >= 15 is 0 Å². The van der Waals surface area contributed by atoms with Gasteiger partial charge in [0.2, 0.25) is 0 Å². The van der Waals surface area contributed by atoms with E-state index in [9.17, 15) is 0 Å². The summed E-state index contributed by atoms with van der Waals surface area (Å²) < 4.78 is 0. The SMILES string of the molecule is CCn1nc2ccc3ccccc3c2n1. The quantitative estimate of drug-likeness (QED) is 0.600. The molecule has 0 spiro atoms. The van der Waals surface area contributed by atoms with Crippen LogP contribution in [-0.4, -0.2) is 15.0 Å². The van der Waals surface area contributed by atoms with Crippen LogP contribution in [0.5, 0.6) is 0 Å². The lowest BCUT2D eigenvalue weighted by Crippen LogP contribution is -1.97. The van der Waals surface area contributed by atoms with Crippen molar-refractivity contribution in [1.29, 1.82) is 0 Å². The molecule has 1 heterocycles. The predicted octanol–water partition coefficient (Wildman–Crippen LogP) is 2.60. The molecule has 0 radical (unpaired) electrons. The molecule has 3 aromatic rings. The van der Waals surface area contributed by atoms with Crippen LogP contribution in [0.2, 0.25) is 0 Å². The van der Waals surface area contributed by atoms with Crippen LogP contribution in [0, 0.1) is 0 Å². The summed E-state index contributed by atoms with van der Waals surface area (Å²) in [5.41, 5.74) is 1.96. The molecule has 3 nitrogen and oxygen atoms in total. The Bertz CT molecular complexity index is 625. The lowest BCUT2D eigenvalue weighted by molar-refractivity contribution is 0.578. The van der Waals surface area contributed by atoms with E-state index in [1.165, 1.54) is 10.8 Å². The summed E-state index contributed by atoms with van der Waals surface area (Å²) in [7, 11) is 0. The number of fused-ring (bicyclic) bond motifs is 3. The van der Waals surface area contributed by atoms with Gasteiger partial charge in [0.15, 0.2) is 0 Å². The third-order valence-corrected chi connectivity index (χ3v) is 2.60. The standard InChI is InChI=1S/C12H11N3/c1-2-15-13-11-8-7-9-5-3-4-6-10(9)12(11)14-15/h3-8H,2H2,1H3. The topological polar surface area (TPSA) is 30.7 Å². The van der Waals surface area contributed by atoms with Crippen molar-refractivity contribution in [3.05, 3.63) is 36.4 Å². The maximum Gasteiger partial charge on any atom is 0.121 e. The third kappa shape index (κ3) is 1.20. The predicted molar refractivity (Wildman–Crippen MR) is 60.7 cm³/mol. The Morgan fingerprint density at radius 2 is 1.93 bits per heavy atom. The van der Waals surface area contributed by atoms with Crippen LogP contribution in [0.15, 0.2) is 36.4 Å². The van der Waals surface area contributed by atoms with Crippen LogP contribution < -0.4 is 0 Å². The van der Waals surface area contributed by atoms with Crippen LogP contribution in [-0.2, 0) is 6.54 Å². The van der Waals surface area contributed by atoms with Crippen LogP contribution in [0.4, 0.5) is 0 Å². The molecule has 2 aromatic carbocycles. The van der Waals surface area contributed by atoms with Gasteiger partial charge in [0.1, 0.15) is 11.0 Å². The summed E-state index contributed by atoms with van der Waals surface area (Å²) in [6, 6.07) is 12.4. The molecule has 0 aliphatic heterocycles. The van der Waals surface area contributed by atoms with E-state index in [0.29, 0.717) is 0 Å². The van der Waals surface area contributed by atoms with E-state index in [4.69, 9.17) is 0 Å². The second kappa shape index (κ2) is 3.05. The molecule has 0 N–H and O–H groups in total. The first-order valence-electron chi connectivity index (χ1n) is 5.11. The minimum atomic E-state index is 0.809. The fourth-order valence-corrected chi connectivity index (χ4v) is 1.83. The number of hydrogen-bond acceptors (Lipinski definition) is 2. The Morgan fingerprint density at radius 1 is 1.07 bits per heavy atom. The first-order valence-corrected chi connectivity index (χ1v) is 5.11. The maximum absolute atomic E-state index is 4.46. The Labute approximate surface area is 87.3 Å². The van der Waals surface area contributed by atoms with Gasteiger partial charge in [0, 0.05) is 5.39 Å². The van der Waals surface area contributed by atoms with Gasteiger partial charge in [-0.15, -0.1) is 0 Å². The largest absolute Gasteiger partial charge is 0.184 e. The van der Waals surface area contributed by atoms with E-state index in [1.807, 2.05) is 25.1 Å². The van der Waals surface area contributed by atoms with E-state index in [2.05, 4.69) is 28.4 Å². The monoisotopic (exact) mass is 197 g/mol. The van der Waals surface area contributed by atoms with Gasteiger partial charge in [-0.25, -0.2) is 0 Å². The highest BCUT2D eigenvalue weighted by molar-refractivity contribution is 6.03. The first kappa shape index (κ1) is 8.41. The summed E-state index contributed by atoms with van der Waals surface area (Å²) in [6.45, 7) is 2.85. The number of nitrogens with zero attached hydrogens (tertiary/aromatic N) is 3. The molecular formula is C12H11N3. The van der Waals surface area contributed by atoms with Gasteiger partial charge in [-0.05, 0) is 18.4 Å². The normalized spacial score (nSPS) is 11.3. The van der Waals surface area contributed by atoms with E-state index in [0.717, 1.165) is 17.6 Å². The number of hydrogen-bond donors (Lipinski definition) is 0. The molecular weight excluding hydrogens is 186 g/mol. The molecule has 0 saturated carbocycles. The van der Waals surface area contributed by atoms with Gasteiger partial charge in [-0.3, -0.25) is 0 Å². The molecule has 3 heteroatoms. The zero-order valence-corrected chi connectivity index (χ0v) is 8.51. The van der Waals surface area contributed by atoms with Crippen molar-refractivity contribution >= 4 is 21.8 Å². The number of aryl methyl sites for hydroxylation is 1. The van der Waals surface area contributed by atoms with Crippen LogP contribution in [0.3, 0.4) is 0 Å². The minimum Gasteiger partial charge on any atom is -0.184 e. The van der Waals surface area contributed by atoms with Crippen molar-refractivity contribution in [2.75, 3.05) is 0 Å². The van der Waals surface area contributed by atoms with Gasteiger partial charge < -0.3 is 0 Å².